The molecule has 0 radical (unpaired) electrons. The first-order chi connectivity index (χ1) is 7.06. The van der Waals surface area contributed by atoms with Crippen LogP contribution in [0.25, 0.3) is 0 Å². The van der Waals surface area contributed by atoms with Gasteiger partial charge in [-0.2, -0.15) is 0 Å². The van der Waals surface area contributed by atoms with Crippen molar-refractivity contribution in [2.75, 3.05) is 18.9 Å². The van der Waals surface area contributed by atoms with Gasteiger partial charge in [0.25, 0.3) is 0 Å². The summed E-state index contributed by atoms with van der Waals surface area (Å²) in [6.45, 7) is 6.65. The Bertz CT molecular complexity index is 269. The first-order valence-electron chi connectivity index (χ1n) is 5.29. The van der Waals surface area contributed by atoms with Gasteiger partial charge in [-0.05, 0) is 27.3 Å². The SMILES string of the molecule is CN(CCCn1ccnc1)C(C)(C)CBr. The van der Waals surface area contributed by atoms with Crippen LogP contribution in [0.3, 0.4) is 0 Å². The molecule has 15 heavy (non-hydrogen) atoms. The highest BCUT2D eigenvalue weighted by atomic mass is 79.9. The summed E-state index contributed by atoms with van der Waals surface area (Å²) in [5.41, 5.74) is 0.231. The molecule has 86 valence electrons. The molecule has 1 aromatic heterocycles. The number of halogens is 1. The molecular formula is C11H20BrN3. The first kappa shape index (κ1) is 12.7. The minimum Gasteiger partial charge on any atom is -0.337 e. The molecule has 0 fully saturated rings. The van der Waals surface area contributed by atoms with Gasteiger partial charge in [-0.15, -0.1) is 0 Å². The van der Waals surface area contributed by atoms with Crippen molar-refractivity contribution in [1.82, 2.24) is 14.5 Å². The van der Waals surface area contributed by atoms with Gasteiger partial charge >= 0.3 is 0 Å². The minimum atomic E-state index is 0.231. The van der Waals surface area contributed by atoms with Crippen molar-refractivity contribution in [3.63, 3.8) is 0 Å². The highest BCUT2D eigenvalue weighted by Crippen LogP contribution is 2.15. The molecule has 0 aliphatic heterocycles. The predicted octanol–water partition coefficient (Wildman–Crippen LogP) is 2.38. The van der Waals surface area contributed by atoms with Gasteiger partial charge in [0.1, 0.15) is 0 Å². The maximum atomic E-state index is 4.03. The molecule has 1 aromatic rings. The van der Waals surface area contributed by atoms with E-state index in [1.165, 1.54) is 0 Å². The molecule has 3 nitrogen and oxygen atoms in total. The Hall–Kier alpha value is -0.350. The van der Waals surface area contributed by atoms with E-state index in [9.17, 15) is 0 Å². The second-order valence-electron chi connectivity index (χ2n) is 4.52. The predicted molar refractivity (Wildman–Crippen MR) is 67.3 cm³/mol. The van der Waals surface area contributed by atoms with E-state index in [4.69, 9.17) is 0 Å². The van der Waals surface area contributed by atoms with Crippen LogP contribution in [0.1, 0.15) is 20.3 Å². The molecule has 0 atom stereocenters. The van der Waals surface area contributed by atoms with Gasteiger partial charge in [-0.1, -0.05) is 15.9 Å². The normalized spacial score (nSPS) is 12.3. The van der Waals surface area contributed by atoms with Crippen LogP contribution in [0.4, 0.5) is 0 Å². The van der Waals surface area contributed by atoms with Crippen molar-refractivity contribution < 1.29 is 0 Å². The summed E-state index contributed by atoms with van der Waals surface area (Å²) in [6.07, 6.45) is 6.86. The van der Waals surface area contributed by atoms with Crippen LogP contribution < -0.4 is 0 Å². The average Bonchev–Trinajstić information content (AvgIpc) is 2.70. The lowest BCUT2D eigenvalue weighted by atomic mass is 10.1. The molecule has 0 aliphatic rings. The molecule has 0 spiro atoms. The second kappa shape index (κ2) is 5.66. The van der Waals surface area contributed by atoms with E-state index in [1.807, 2.05) is 18.7 Å². The number of hydrogen-bond acceptors (Lipinski definition) is 2. The fourth-order valence-electron chi connectivity index (χ4n) is 1.31. The first-order valence-corrected chi connectivity index (χ1v) is 6.41. The maximum absolute atomic E-state index is 4.03. The van der Waals surface area contributed by atoms with E-state index < -0.39 is 0 Å². The number of rotatable bonds is 6. The molecule has 0 unspecified atom stereocenters. The summed E-state index contributed by atoms with van der Waals surface area (Å²) in [5.74, 6) is 0. The Labute approximate surface area is 101 Å². The molecule has 0 amide bonds. The van der Waals surface area contributed by atoms with E-state index in [2.05, 4.69) is 51.3 Å². The smallest absolute Gasteiger partial charge is 0.0945 e. The number of imidazole rings is 1. The maximum Gasteiger partial charge on any atom is 0.0945 e. The summed E-state index contributed by atoms with van der Waals surface area (Å²) in [5, 5.41) is 1.00. The van der Waals surface area contributed by atoms with Gasteiger partial charge in [0.05, 0.1) is 6.33 Å². The number of nitrogens with zero attached hydrogens (tertiary/aromatic N) is 3. The van der Waals surface area contributed by atoms with Gasteiger partial charge in [0.15, 0.2) is 0 Å². The van der Waals surface area contributed by atoms with Gasteiger partial charge in [0.2, 0.25) is 0 Å². The second-order valence-corrected chi connectivity index (χ2v) is 5.08. The molecule has 0 saturated carbocycles. The molecule has 0 saturated heterocycles. The fraction of sp³-hybridized carbons (Fsp3) is 0.727. The monoisotopic (exact) mass is 273 g/mol. The molecular weight excluding hydrogens is 254 g/mol. The third-order valence-electron chi connectivity index (χ3n) is 2.83. The largest absolute Gasteiger partial charge is 0.337 e. The van der Waals surface area contributed by atoms with Crippen LogP contribution in [0.2, 0.25) is 0 Å². The summed E-state index contributed by atoms with van der Waals surface area (Å²) in [6, 6.07) is 0. The zero-order chi connectivity index (χ0) is 11.3. The quantitative estimate of drug-likeness (QED) is 0.743. The van der Waals surface area contributed by atoms with E-state index in [1.54, 1.807) is 0 Å². The molecule has 1 rings (SSSR count). The van der Waals surface area contributed by atoms with Gasteiger partial charge in [-0.3, -0.25) is 0 Å². The summed E-state index contributed by atoms with van der Waals surface area (Å²) in [7, 11) is 2.18. The van der Waals surface area contributed by atoms with E-state index >= 15 is 0 Å². The third kappa shape index (κ3) is 3.95. The summed E-state index contributed by atoms with van der Waals surface area (Å²) in [4.78, 5) is 6.41. The summed E-state index contributed by atoms with van der Waals surface area (Å²) >= 11 is 3.55. The zero-order valence-corrected chi connectivity index (χ0v) is 11.4. The molecule has 0 aliphatic carbocycles. The average molecular weight is 274 g/mol. The summed E-state index contributed by atoms with van der Waals surface area (Å²) < 4.78 is 2.12. The van der Waals surface area contributed by atoms with E-state index in [0.717, 1.165) is 24.8 Å². The van der Waals surface area contributed by atoms with Crippen molar-refractivity contribution in [2.45, 2.75) is 32.4 Å². The van der Waals surface area contributed by atoms with Gasteiger partial charge in [-0.25, -0.2) is 4.98 Å². The van der Waals surface area contributed by atoms with Crippen LogP contribution in [0, 0.1) is 0 Å². The Morgan fingerprint density at radius 2 is 2.20 bits per heavy atom. The van der Waals surface area contributed by atoms with Crippen LogP contribution in [0.15, 0.2) is 18.7 Å². The van der Waals surface area contributed by atoms with Crippen molar-refractivity contribution in [3.05, 3.63) is 18.7 Å². The molecule has 1 heterocycles. The Morgan fingerprint density at radius 1 is 1.47 bits per heavy atom. The number of aromatic nitrogens is 2. The van der Waals surface area contributed by atoms with Crippen LogP contribution >= 0.6 is 15.9 Å². The topological polar surface area (TPSA) is 21.1 Å². The van der Waals surface area contributed by atoms with E-state index in [-0.39, 0.29) is 5.54 Å². The number of alkyl halides is 1. The van der Waals surface area contributed by atoms with Crippen LogP contribution in [0.5, 0.6) is 0 Å². The molecule has 0 N–H and O–H groups in total. The lowest BCUT2D eigenvalue weighted by molar-refractivity contribution is 0.177. The lowest BCUT2D eigenvalue weighted by Crippen LogP contribution is -2.43. The standard InChI is InChI=1S/C11H20BrN3/c1-11(2,9-12)14(3)6-4-7-15-8-5-13-10-15/h5,8,10H,4,6-7,9H2,1-3H3. The van der Waals surface area contributed by atoms with Crippen molar-refractivity contribution in [3.8, 4) is 0 Å². The minimum absolute atomic E-state index is 0.231. The molecule has 0 aromatic carbocycles. The van der Waals surface area contributed by atoms with Gasteiger partial charge in [0, 0.05) is 36.4 Å². The Kier molecular flexibility index (Phi) is 4.80. The van der Waals surface area contributed by atoms with Crippen LogP contribution in [-0.4, -0.2) is 38.9 Å². The number of hydrogen-bond donors (Lipinski definition) is 0. The molecule has 0 bridgehead atoms. The van der Waals surface area contributed by atoms with Crippen molar-refractivity contribution in [2.24, 2.45) is 0 Å². The highest BCUT2D eigenvalue weighted by Gasteiger charge is 2.20. The third-order valence-corrected chi connectivity index (χ3v) is 4.20. The highest BCUT2D eigenvalue weighted by molar-refractivity contribution is 9.09. The molecule has 4 heteroatoms. The lowest BCUT2D eigenvalue weighted by Gasteiger charge is -2.34. The van der Waals surface area contributed by atoms with E-state index in [0.29, 0.717) is 0 Å². The van der Waals surface area contributed by atoms with Gasteiger partial charge < -0.3 is 9.47 Å². The van der Waals surface area contributed by atoms with Crippen molar-refractivity contribution >= 4 is 15.9 Å². The van der Waals surface area contributed by atoms with Crippen LogP contribution in [-0.2, 0) is 6.54 Å². The fourth-order valence-corrected chi connectivity index (χ4v) is 1.74. The Balaban J connectivity index is 2.26. The Morgan fingerprint density at radius 3 is 2.73 bits per heavy atom. The number of aryl methyl sites for hydroxylation is 1. The zero-order valence-electron chi connectivity index (χ0n) is 9.78. The van der Waals surface area contributed by atoms with Crippen molar-refractivity contribution in [1.29, 1.82) is 0 Å².